The highest BCUT2D eigenvalue weighted by atomic mass is 16.6. The number of aliphatic carboxylic acids is 1. The Kier molecular flexibility index (Phi) is 40.5. The largest absolute Gasteiger partial charge is 0.477 e. The van der Waals surface area contributed by atoms with Crippen LogP contribution in [-0.4, -0.2) is 80.6 Å². The van der Waals surface area contributed by atoms with Crippen molar-refractivity contribution in [3.8, 4) is 0 Å². The molecule has 0 aliphatic carbocycles. The molecule has 8 heteroatoms. The average Bonchev–Trinajstić information content (AvgIpc) is 3.19. The van der Waals surface area contributed by atoms with Gasteiger partial charge in [0.15, 0.2) is 12.1 Å². The number of hydrogen-bond donors (Lipinski definition) is 1. The Labute approximate surface area is 364 Å². The molecule has 0 amide bonds. The van der Waals surface area contributed by atoms with E-state index in [1.54, 1.807) is 0 Å². The molecule has 0 aromatic heterocycles. The summed E-state index contributed by atoms with van der Waals surface area (Å²) >= 11 is 0. The number of quaternary nitrogens is 1. The van der Waals surface area contributed by atoms with E-state index in [0.717, 1.165) is 32.1 Å². The average molecular weight is 833 g/mol. The number of carbonyl (C=O) groups excluding carboxylic acids is 2. The molecular formula is C51H94NO7+. The number of rotatable bonds is 44. The van der Waals surface area contributed by atoms with Gasteiger partial charge in [-0.3, -0.25) is 9.59 Å². The Morgan fingerprint density at radius 3 is 1.39 bits per heavy atom. The van der Waals surface area contributed by atoms with Gasteiger partial charge in [-0.05, 0) is 57.8 Å². The van der Waals surface area contributed by atoms with Crippen molar-refractivity contribution in [3.05, 3.63) is 36.5 Å². The van der Waals surface area contributed by atoms with E-state index in [-0.39, 0.29) is 42.7 Å². The topological polar surface area (TPSA) is 99.1 Å². The summed E-state index contributed by atoms with van der Waals surface area (Å²) in [6.45, 7) is 4.68. The second-order valence-electron chi connectivity index (χ2n) is 17.7. The lowest BCUT2D eigenvalue weighted by atomic mass is 10.0. The molecule has 0 aliphatic rings. The van der Waals surface area contributed by atoms with Crippen LogP contribution in [0.1, 0.15) is 219 Å². The molecule has 8 nitrogen and oxygen atoms in total. The molecule has 0 heterocycles. The Balaban J connectivity index is 4.26. The lowest BCUT2D eigenvalue weighted by molar-refractivity contribution is -0.887. The SMILES string of the molecule is CCCCCCCC/C=C/C/C=C/CCC(=O)OC(COCCC(C(=O)O)[N+](C)(C)C)COC(=O)CCCCCCCCC/C=C/CCCCCCCCCCCCC. The molecule has 0 bridgehead atoms. The van der Waals surface area contributed by atoms with Gasteiger partial charge >= 0.3 is 17.9 Å². The molecule has 0 aliphatic heterocycles. The molecule has 59 heavy (non-hydrogen) atoms. The van der Waals surface area contributed by atoms with Crippen LogP contribution in [0.4, 0.5) is 0 Å². The minimum Gasteiger partial charge on any atom is -0.477 e. The van der Waals surface area contributed by atoms with E-state index in [1.165, 1.54) is 148 Å². The second kappa shape index (κ2) is 42.2. The van der Waals surface area contributed by atoms with Crippen LogP contribution in [0.2, 0.25) is 0 Å². The minimum absolute atomic E-state index is 0.0386. The third-order valence-corrected chi connectivity index (χ3v) is 11.0. The summed E-state index contributed by atoms with van der Waals surface area (Å²) in [6, 6.07) is -0.623. The molecule has 0 spiro atoms. The maximum absolute atomic E-state index is 12.7. The van der Waals surface area contributed by atoms with Gasteiger partial charge in [0.2, 0.25) is 0 Å². The molecule has 2 unspecified atom stereocenters. The predicted molar refractivity (Wildman–Crippen MR) is 248 cm³/mol. The number of ether oxygens (including phenoxy) is 3. The summed E-state index contributed by atoms with van der Waals surface area (Å²) in [5.74, 6) is -1.55. The van der Waals surface area contributed by atoms with Crippen molar-refractivity contribution >= 4 is 17.9 Å². The van der Waals surface area contributed by atoms with Gasteiger partial charge < -0.3 is 23.8 Å². The zero-order valence-corrected chi connectivity index (χ0v) is 39.2. The summed E-state index contributed by atoms with van der Waals surface area (Å²) in [5, 5.41) is 9.63. The standard InChI is InChI=1S/C51H93NO7/c1-6-8-10-12-14-16-18-20-21-22-23-24-25-26-27-28-30-31-33-35-37-39-41-49(53)58-46-47(45-57-44-43-48(51(55)56)52(3,4)5)59-50(54)42-40-38-36-34-32-29-19-17-15-13-11-9-7-2/h25-26,29,32,36,38,47-48H,6-24,27-28,30-31,33-35,37,39-46H2,1-5H3/p+1/b26-25+,32-29+,38-36+. The smallest absolute Gasteiger partial charge is 0.362 e. The van der Waals surface area contributed by atoms with E-state index in [1.807, 2.05) is 27.2 Å². The van der Waals surface area contributed by atoms with E-state index in [9.17, 15) is 19.5 Å². The van der Waals surface area contributed by atoms with Crippen molar-refractivity contribution in [2.24, 2.45) is 0 Å². The first-order valence-electron chi connectivity index (χ1n) is 24.5. The number of allylic oxidation sites excluding steroid dienone is 6. The van der Waals surface area contributed by atoms with Crippen molar-refractivity contribution in [2.45, 2.75) is 231 Å². The first kappa shape index (κ1) is 56.5. The fourth-order valence-electron chi connectivity index (χ4n) is 7.20. The van der Waals surface area contributed by atoms with Crippen LogP contribution < -0.4 is 0 Å². The summed E-state index contributed by atoms with van der Waals surface area (Å²) in [5.41, 5.74) is 0. The molecule has 1 N–H and O–H groups in total. The number of carboxylic acids is 1. The monoisotopic (exact) mass is 833 g/mol. The van der Waals surface area contributed by atoms with Crippen LogP contribution >= 0.6 is 0 Å². The molecule has 0 radical (unpaired) electrons. The molecule has 0 fully saturated rings. The molecule has 2 atom stereocenters. The Morgan fingerprint density at radius 1 is 0.508 bits per heavy atom. The first-order chi connectivity index (χ1) is 28.6. The Bertz CT molecular complexity index is 1060. The van der Waals surface area contributed by atoms with Gasteiger partial charge in [-0.25, -0.2) is 4.79 Å². The number of esters is 2. The van der Waals surface area contributed by atoms with Crippen LogP contribution in [0.15, 0.2) is 36.5 Å². The zero-order chi connectivity index (χ0) is 43.5. The molecule has 0 aromatic rings. The van der Waals surface area contributed by atoms with Crippen LogP contribution in [-0.2, 0) is 28.6 Å². The molecule has 344 valence electrons. The lowest BCUT2D eigenvalue weighted by Gasteiger charge is -2.31. The van der Waals surface area contributed by atoms with E-state index in [0.29, 0.717) is 19.3 Å². The molecule has 0 aromatic carbocycles. The van der Waals surface area contributed by atoms with Crippen LogP contribution in [0.3, 0.4) is 0 Å². The van der Waals surface area contributed by atoms with E-state index < -0.39 is 18.1 Å². The van der Waals surface area contributed by atoms with Gasteiger partial charge in [0, 0.05) is 19.3 Å². The summed E-state index contributed by atoms with van der Waals surface area (Å²) < 4.78 is 17.2. The van der Waals surface area contributed by atoms with Gasteiger partial charge in [-0.2, -0.15) is 0 Å². The second-order valence-corrected chi connectivity index (χ2v) is 17.7. The third kappa shape index (κ3) is 40.7. The maximum Gasteiger partial charge on any atom is 0.362 e. The van der Waals surface area contributed by atoms with Crippen molar-refractivity contribution in [2.75, 3.05) is 41.0 Å². The van der Waals surface area contributed by atoms with Gasteiger partial charge in [0.05, 0.1) is 34.4 Å². The Hall–Kier alpha value is -2.45. The predicted octanol–water partition coefficient (Wildman–Crippen LogP) is 13.8. The van der Waals surface area contributed by atoms with Crippen molar-refractivity contribution < 1.29 is 38.2 Å². The highest BCUT2D eigenvalue weighted by Gasteiger charge is 2.31. The van der Waals surface area contributed by atoms with Gasteiger partial charge in [0.1, 0.15) is 6.61 Å². The zero-order valence-electron chi connectivity index (χ0n) is 39.2. The van der Waals surface area contributed by atoms with Crippen molar-refractivity contribution in [1.29, 1.82) is 0 Å². The normalized spacial score (nSPS) is 13.2. The van der Waals surface area contributed by atoms with Gasteiger partial charge in [-0.1, -0.05) is 179 Å². The number of unbranched alkanes of at least 4 members (excludes halogenated alkanes) is 24. The first-order valence-corrected chi connectivity index (χ1v) is 24.5. The number of carboxylic acid groups (broad SMARTS) is 1. The highest BCUT2D eigenvalue weighted by Crippen LogP contribution is 2.15. The van der Waals surface area contributed by atoms with Gasteiger partial charge in [0.25, 0.3) is 0 Å². The van der Waals surface area contributed by atoms with Crippen molar-refractivity contribution in [1.82, 2.24) is 0 Å². The lowest BCUT2D eigenvalue weighted by Crippen LogP contribution is -2.50. The number of nitrogens with zero attached hydrogens (tertiary/aromatic N) is 1. The van der Waals surface area contributed by atoms with E-state index in [4.69, 9.17) is 14.2 Å². The fourth-order valence-corrected chi connectivity index (χ4v) is 7.20. The Morgan fingerprint density at radius 2 is 0.932 bits per heavy atom. The number of likely N-dealkylation sites (N-methyl/N-ethyl adjacent to an activating group) is 1. The van der Waals surface area contributed by atoms with Gasteiger partial charge in [-0.15, -0.1) is 0 Å². The molecule has 0 saturated carbocycles. The molecular weight excluding hydrogens is 739 g/mol. The number of hydrogen-bond acceptors (Lipinski definition) is 6. The van der Waals surface area contributed by atoms with Crippen LogP contribution in [0, 0.1) is 0 Å². The summed E-state index contributed by atoms with van der Waals surface area (Å²) in [4.78, 5) is 37.0. The van der Waals surface area contributed by atoms with E-state index >= 15 is 0 Å². The minimum atomic E-state index is -0.882. The highest BCUT2D eigenvalue weighted by molar-refractivity contribution is 5.72. The van der Waals surface area contributed by atoms with Crippen LogP contribution in [0.5, 0.6) is 0 Å². The summed E-state index contributed by atoms with van der Waals surface area (Å²) in [6.07, 6.45) is 49.3. The maximum atomic E-state index is 12.7. The third-order valence-electron chi connectivity index (χ3n) is 11.0. The fraction of sp³-hybridized carbons (Fsp3) is 0.824. The number of carbonyl (C=O) groups is 3. The van der Waals surface area contributed by atoms with E-state index in [2.05, 4.69) is 44.2 Å². The molecule has 0 rings (SSSR count). The quantitative estimate of drug-likeness (QED) is 0.0282. The molecule has 0 saturated heterocycles. The van der Waals surface area contributed by atoms with Crippen molar-refractivity contribution in [3.63, 3.8) is 0 Å². The summed E-state index contributed by atoms with van der Waals surface area (Å²) in [7, 11) is 5.51. The van der Waals surface area contributed by atoms with Crippen LogP contribution in [0.25, 0.3) is 0 Å².